The normalized spacial score (nSPS) is 10.3. The number of amides is 1. The molecular formula is C20H19ClN4O2. The third-order valence-corrected chi connectivity index (χ3v) is 4.18. The van der Waals surface area contributed by atoms with Crippen molar-refractivity contribution in [2.24, 2.45) is 0 Å². The van der Waals surface area contributed by atoms with Crippen molar-refractivity contribution in [2.75, 3.05) is 17.2 Å². The Morgan fingerprint density at radius 1 is 1.11 bits per heavy atom. The number of carbonyl (C=O) groups is 1. The molecule has 0 saturated heterocycles. The van der Waals surface area contributed by atoms with Crippen molar-refractivity contribution in [1.29, 1.82) is 0 Å². The van der Waals surface area contributed by atoms with E-state index in [9.17, 15) is 4.79 Å². The van der Waals surface area contributed by atoms with Gasteiger partial charge in [-0.3, -0.25) is 4.79 Å². The summed E-state index contributed by atoms with van der Waals surface area (Å²) in [5, 5.41) is 14.5. The van der Waals surface area contributed by atoms with Gasteiger partial charge in [0.05, 0.1) is 12.3 Å². The third-order valence-electron chi connectivity index (χ3n) is 3.78. The van der Waals surface area contributed by atoms with Crippen molar-refractivity contribution >= 4 is 34.7 Å². The molecule has 0 radical (unpaired) electrons. The molecule has 138 valence electrons. The molecule has 27 heavy (non-hydrogen) atoms. The molecule has 3 aromatic rings. The molecule has 0 atom stereocenters. The highest BCUT2D eigenvalue weighted by Crippen LogP contribution is 2.26. The van der Waals surface area contributed by atoms with Gasteiger partial charge in [-0.2, -0.15) is 0 Å². The molecule has 0 bridgehead atoms. The minimum absolute atomic E-state index is 0.204. The maximum Gasteiger partial charge on any atom is 0.276 e. The number of anilines is 3. The number of hydrogen-bond donors (Lipinski definition) is 2. The zero-order chi connectivity index (χ0) is 19.2. The van der Waals surface area contributed by atoms with Gasteiger partial charge in [-0.05, 0) is 55.8 Å². The van der Waals surface area contributed by atoms with Crippen molar-refractivity contribution in [2.45, 2.75) is 13.8 Å². The number of ether oxygens (including phenoxy) is 1. The summed E-state index contributed by atoms with van der Waals surface area (Å²) in [4.78, 5) is 12.3. The molecule has 0 unspecified atom stereocenters. The summed E-state index contributed by atoms with van der Waals surface area (Å²) in [6, 6.07) is 16.2. The summed E-state index contributed by atoms with van der Waals surface area (Å²) in [7, 11) is 0. The zero-order valence-electron chi connectivity index (χ0n) is 15.0. The molecule has 1 heterocycles. The molecule has 0 fully saturated rings. The summed E-state index contributed by atoms with van der Waals surface area (Å²) in [6.45, 7) is 4.38. The minimum Gasteiger partial charge on any atom is -0.492 e. The van der Waals surface area contributed by atoms with Crippen LogP contribution in [-0.4, -0.2) is 22.7 Å². The van der Waals surface area contributed by atoms with E-state index < -0.39 is 0 Å². The first-order valence-electron chi connectivity index (χ1n) is 8.47. The lowest BCUT2D eigenvalue weighted by Crippen LogP contribution is -2.14. The quantitative estimate of drug-likeness (QED) is 0.638. The molecule has 0 aliphatic heterocycles. The number of benzene rings is 2. The lowest BCUT2D eigenvalue weighted by atomic mass is 10.2. The van der Waals surface area contributed by atoms with Crippen LogP contribution in [0.3, 0.4) is 0 Å². The summed E-state index contributed by atoms with van der Waals surface area (Å²) >= 11 is 6.08. The van der Waals surface area contributed by atoms with E-state index in [1.54, 1.807) is 24.3 Å². The van der Waals surface area contributed by atoms with E-state index in [1.807, 2.05) is 44.2 Å². The van der Waals surface area contributed by atoms with Gasteiger partial charge in [-0.1, -0.05) is 29.8 Å². The lowest BCUT2D eigenvalue weighted by molar-refractivity contribution is 0.102. The highest BCUT2D eigenvalue weighted by atomic mass is 35.5. The standard InChI is InChI=1S/C20H19ClN4O2/c1-3-27-18-7-5-4-6-16(18)23-19-11-10-17(24-25-19)20(26)22-14-9-8-13(2)15(21)12-14/h4-12H,3H2,1-2H3,(H,22,26)(H,23,25). The van der Waals surface area contributed by atoms with Crippen LogP contribution in [-0.2, 0) is 0 Å². The minimum atomic E-state index is -0.358. The first kappa shape index (κ1) is 18.7. The van der Waals surface area contributed by atoms with Crippen LogP contribution in [0.15, 0.2) is 54.6 Å². The fourth-order valence-corrected chi connectivity index (χ4v) is 2.56. The van der Waals surface area contributed by atoms with E-state index in [1.165, 1.54) is 0 Å². The van der Waals surface area contributed by atoms with Gasteiger partial charge in [0.25, 0.3) is 5.91 Å². The van der Waals surface area contributed by atoms with E-state index in [2.05, 4.69) is 20.8 Å². The second-order valence-electron chi connectivity index (χ2n) is 5.78. The van der Waals surface area contributed by atoms with Crippen LogP contribution in [0, 0.1) is 6.92 Å². The SMILES string of the molecule is CCOc1ccccc1Nc1ccc(C(=O)Nc2ccc(C)c(Cl)c2)nn1. The summed E-state index contributed by atoms with van der Waals surface area (Å²) in [5.41, 5.74) is 2.53. The highest BCUT2D eigenvalue weighted by molar-refractivity contribution is 6.31. The maximum atomic E-state index is 12.3. The zero-order valence-corrected chi connectivity index (χ0v) is 15.7. The highest BCUT2D eigenvalue weighted by Gasteiger charge is 2.10. The first-order chi connectivity index (χ1) is 13.1. The largest absolute Gasteiger partial charge is 0.492 e. The van der Waals surface area contributed by atoms with Crippen LogP contribution in [0.1, 0.15) is 23.0 Å². The van der Waals surface area contributed by atoms with E-state index in [-0.39, 0.29) is 11.6 Å². The van der Waals surface area contributed by atoms with Gasteiger partial charge in [-0.15, -0.1) is 10.2 Å². The van der Waals surface area contributed by atoms with Crippen LogP contribution >= 0.6 is 11.6 Å². The Balaban J connectivity index is 1.69. The number of hydrogen-bond acceptors (Lipinski definition) is 5. The maximum absolute atomic E-state index is 12.3. The summed E-state index contributed by atoms with van der Waals surface area (Å²) in [6.07, 6.45) is 0. The molecule has 2 N–H and O–H groups in total. The Labute approximate surface area is 162 Å². The molecule has 0 saturated carbocycles. The molecule has 2 aromatic carbocycles. The Kier molecular flexibility index (Phi) is 5.88. The van der Waals surface area contributed by atoms with Crippen LogP contribution < -0.4 is 15.4 Å². The molecule has 7 heteroatoms. The molecule has 0 aliphatic rings. The van der Waals surface area contributed by atoms with E-state index >= 15 is 0 Å². The average molecular weight is 383 g/mol. The average Bonchev–Trinajstić information content (AvgIpc) is 2.67. The van der Waals surface area contributed by atoms with E-state index in [0.29, 0.717) is 23.1 Å². The molecule has 3 rings (SSSR count). The second-order valence-corrected chi connectivity index (χ2v) is 6.18. The Bertz CT molecular complexity index is 945. The number of aryl methyl sites for hydroxylation is 1. The lowest BCUT2D eigenvalue weighted by Gasteiger charge is -2.11. The number of nitrogens with zero attached hydrogens (tertiary/aromatic N) is 2. The molecule has 0 spiro atoms. The third kappa shape index (κ3) is 4.74. The Morgan fingerprint density at radius 3 is 2.63 bits per heavy atom. The number of para-hydroxylation sites is 2. The number of rotatable bonds is 6. The predicted molar refractivity (Wildman–Crippen MR) is 107 cm³/mol. The van der Waals surface area contributed by atoms with Crippen LogP contribution in [0.5, 0.6) is 5.75 Å². The summed E-state index contributed by atoms with van der Waals surface area (Å²) in [5.74, 6) is 0.876. The van der Waals surface area contributed by atoms with Gasteiger partial charge >= 0.3 is 0 Å². The van der Waals surface area contributed by atoms with Gasteiger partial charge < -0.3 is 15.4 Å². The smallest absolute Gasteiger partial charge is 0.276 e. The van der Waals surface area contributed by atoms with Crippen molar-refractivity contribution in [1.82, 2.24) is 10.2 Å². The van der Waals surface area contributed by atoms with Gasteiger partial charge in [0.1, 0.15) is 5.75 Å². The van der Waals surface area contributed by atoms with Crippen molar-refractivity contribution in [3.05, 3.63) is 70.9 Å². The van der Waals surface area contributed by atoms with Gasteiger partial charge in [-0.25, -0.2) is 0 Å². The predicted octanol–water partition coefficient (Wildman–Crippen LogP) is 4.83. The topological polar surface area (TPSA) is 76.1 Å². The van der Waals surface area contributed by atoms with Crippen molar-refractivity contribution < 1.29 is 9.53 Å². The van der Waals surface area contributed by atoms with Crippen LogP contribution in [0.2, 0.25) is 5.02 Å². The summed E-state index contributed by atoms with van der Waals surface area (Å²) < 4.78 is 5.57. The number of aromatic nitrogens is 2. The van der Waals surface area contributed by atoms with E-state index in [0.717, 1.165) is 17.0 Å². The first-order valence-corrected chi connectivity index (χ1v) is 8.84. The molecule has 0 aliphatic carbocycles. The second kappa shape index (κ2) is 8.51. The Hall–Kier alpha value is -3.12. The molecule has 6 nitrogen and oxygen atoms in total. The van der Waals surface area contributed by atoms with Crippen LogP contribution in [0.4, 0.5) is 17.2 Å². The fraction of sp³-hybridized carbons (Fsp3) is 0.150. The van der Waals surface area contributed by atoms with Gasteiger partial charge in [0, 0.05) is 10.7 Å². The Morgan fingerprint density at radius 2 is 1.93 bits per heavy atom. The van der Waals surface area contributed by atoms with Crippen LogP contribution in [0.25, 0.3) is 0 Å². The number of halogens is 1. The van der Waals surface area contributed by atoms with Gasteiger partial charge in [0.15, 0.2) is 11.5 Å². The van der Waals surface area contributed by atoms with Crippen molar-refractivity contribution in [3.8, 4) is 5.75 Å². The van der Waals surface area contributed by atoms with Crippen molar-refractivity contribution in [3.63, 3.8) is 0 Å². The number of nitrogens with one attached hydrogen (secondary N) is 2. The number of carbonyl (C=O) groups excluding carboxylic acids is 1. The molecule has 1 aromatic heterocycles. The fourth-order valence-electron chi connectivity index (χ4n) is 2.38. The van der Waals surface area contributed by atoms with E-state index in [4.69, 9.17) is 16.3 Å². The van der Waals surface area contributed by atoms with Gasteiger partial charge in [0.2, 0.25) is 0 Å². The molecular weight excluding hydrogens is 364 g/mol. The molecule has 1 amide bonds. The monoisotopic (exact) mass is 382 g/mol.